The number of nitrogens with one attached hydrogen (secondary N) is 2. The van der Waals surface area contributed by atoms with Gasteiger partial charge < -0.3 is 5.32 Å². The third kappa shape index (κ3) is 2.35. The number of nitrogens with zero attached hydrogens (tertiary/aromatic N) is 3. The number of carbonyl (C=O) groups is 1. The third-order valence-corrected chi connectivity index (χ3v) is 3.74. The van der Waals surface area contributed by atoms with Crippen LogP contribution in [-0.4, -0.2) is 25.9 Å². The first-order valence-electron chi connectivity index (χ1n) is 6.05. The van der Waals surface area contributed by atoms with Crippen molar-refractivity contribution in [1.29, 1.82) is 0 Å². The first kappa shape index (κ1) is 12.6. The van der Waals surface area contributed by atoms with Crippen molar-refractivity contribution in [1.82, 2.24) is 20.0 Å². The standard InChI is InChI=1S/C13H13N5OS/c1-8-6-12(18(2)17-8)14-13(19)10-7-9(15-16-10)11-4-3-5-20-11/h3-7H,1-2H3,(H,14,19)(H,15,16). The normalized spacial score (nSPS) is 10.7. The van der Waals surface area contributed by atoms with Crippen molar-refractivity contribution >= 4 is 23.1 Å². The van der Waals surface area contributed by atoms with E-state index in [2.05, 4.69) is 20.6 Å². The minimum atomic E-state index is -0.257. The number of rotatable bonds is 3. The zero-order valence-electron chi connectivity index (χ0n) is 11.0. The van der Waals surface area contributed by atoms with Gasteiger partial charge in [0.1, 0.15) is 5.82 Å². The zero-order chi connectivity index (χ0) is 14.1. The average Bonchev–Trinajstić information content (AvgIpc) is 3.11. The Balaban J connectivity index is 1.79. The van der Waals surface area contributed by atoms with Crippen LogP contribution in [0.1, 0.15) is 16.2 Å². The van der Waals surface area contributed by atoms with Gasteiger partial charge in [-0.25, -0.2) is 0 Å². The maximum Gasteiger partial charge on any atom is 0.277 e. The van der Waals surface area contributed by atoms with Crippen LogP contribution < -0.4 is 5.32 Å². The van der Waals surface area contributed by atoms with E-state index in [9.17, 15) is 4.79 Å². The highest BCUT2D eigenvalue weighted by atomic mass is 32.1. The predicted molar refractivity (Wildman–Crippen MR) is 77.8 cm³/mol. The Bertz CT molecular complexity index is 741. The Morgan fingerprint density at radius 1 is 1.45 bits per heavy atom. The van der Waals surface area contributed by atoms with E-state index in [4.69, 9.17) is 0 Å². The van der Waals surface area contributed by atoms with E-state index in [1.165, 1.54) is 0 Å². The molecule has 0 aliphatic carbocycles. The van der Waals surface area contributed by atoms with Gasteiger partial charge in [-0.2, -0.15) is 10.2 Å². The molecule has 0 spiro atoms. The van der Waals surface area contributed by atoms with Gasteiger partial charge in [0, 0.05) is 13.1 Å². The Kier molecular flexibility index (Phi) is 3.11. The molecule has 3 heterocycles. The SMILES string of the molecule is Cc1cc(NC(=O)c2cc(-c3cccs3)[nH]n2)n(C)n1. The summed E-state index contributed by atoms with van der Waals surface area (Å²) in [6, 6.07) is 7.48. The molecule has 0 fully saturated rings. The highest BCUT2D eigenvalue weighted by Crippen LogP contribution is 2.23. The lowest BCUT2D eigenvalue weighted by Crippen LogP contribution is -2.14. The third-order valence-electron chi connectivity index (χ3n) is 2.84. The first-order valence-corrected chi connectivity index (χ1v) is 6.93. The molecule has 7 heteroatoms. The number of aromatic nitrogens is 4. The summed E-state index contributed by atoms with van der Waals surface area (Å²) in [5.41, 5.74) is 2.04. The van der Waals surface area contributed by atoms with Gasteiger partial charge in [-0.15, -0.1) is 11.3 Å². The van der Waals surface area contributed by atoms with Crippen LogP contribution in [0, 0.1) is 6.92 Å². The molecule has 3 aromatic heterocycles. The molecule has 0 aliphatic heterocycles. The highest BCUT2D eigenvalue weighted by molar-refractivity contribution is 7.13. The van der Waals surface area contributed by atoms with Crippen LogP contribution in [0.3, 0.4) is 0 Å². The topological polar surface area (TPSA) is 75.6 Å². The number of H-pyrrole nitrogens is 1. The summed E-state index contributed by atoms with van der Waals surface area (Å²) in [5, 5.41) is 15.9. The first-order chi connectivity index (χ1) is 9.63. The molecule has 6 nitrogen and oxygen atoms in total. The number of amides is 1. The Hall–Kier alpha value is -2.41. The maximum absolute atomic E-state index is 12.1. The van der Waals surface area contributed by atoms with Crippen LogP contribution in [0.5, 0.6) is 0 Å². The van der Waals surface area contributed by atoms with E-state index < -0.39 is 0 Å². The van der Waals surface area contributed by atoms with Crippen LogP contribution in [0.25, 0.3) is 10.6 Å². The summed E-state index contributed by atoms with van der Waals surface area (Å²) in [4.78, 5) is 13.2. The van der Waals surface area contributed by atoms with Gasteiger partial charge in [0.05, 0.1) is 16.3 Å². The Morgan fingerprint density at radius 2 is 2.30 bits per heavy atom. The number of carbonyl (C=O) groups excluding carboxylic acids is 1. The lowest BCUT2D eigenvalue weighted by Gasteiger charge is -2.01. The molecule has 0 unspecified atom stereocenters. The molecule has 0 saturated heterocycles. The Labute approximate surface area is 119 Å². The zero-order valence-corrected chi connectivity index (χ0v) is 11.9. The fourth-order valence-electron chi connectivity index (χ4n) is 1.90. The summed E-state index contributed by atoms with van der Waals surface area (Å²) in [7, 11) is 1.78. The number of thiophene rings is 1. The van der Waals surface area contributed by atoms with E-state index in [-0.39, 0.29) is 5.91 Å². The molecule has 3 rings (SSSR count). The summed E-state index contributed by atoms with van der Waals surface area (Å²) in [6.45, 7) is 1.87. The van der Waals surface area contributed by atoms with Crippen LogP contribution in [-0.2, 0) is 7.05 Å². The second kappa shape index (κ2) is 4.93. The van der Waals surface area contributed by atoms with Crippen LogP contribution in [0.2, 0.25) is 0 Å². The lowest BCUT2D eigenvalue weighted by atomic mass is 10.3. The minimum Gasteiger partial charge on any atom is -0.305 e. The summed E-state index contributed by atoms with van der Waals surface area (Å²) in [5.74, 6) is 0.389. The van der Waals surface area contributed by atoms with Gasteiger partial charge in [0.2, 0.25) is 0 Å². The molecule has 0 saturated carbocycles. The van der Waals surface area contributed by atoms with Crippen LogP contribution in [0.15, 0.2) is 29.6 Å². The van der Waals surface area contributed by atoms with E-state index in [1.54, 1.807) is 29.1 Å². The molecule has 0 aliphatic rings. The van der Waals surface area contributed by atoms with Crippen molar-refractivity contribution < 1.29 is 4.79 Å². The second-order valence-electron chi connectivity index (χ2n) is 4.39. The maximum atomic E-state index is 12.1. The number of hydrogen-bond acceptors (Lipinski definition) is 4. The average molecular weight is 287 g/mol. The van der Waals surface area contributed by atoms with E-state index >= 15 is 0 Å². The molecule has 0 aromatic carbocycles. The van der Waals surface area contributed by atoms with Gasteiger partial charge in [0.25, 0.3) is 5.91 Å². The Morgan fingerprint density at radius 3 is 2.95 bits per heavy atom. The highest BCUT2D eigenvalue weighted by Gasteiger charge is 2.14. The quantitative estimate of drug-likeness (QED) is 0.777. The minimum absolute atomic E-state index is 0.257. The molecule has 20 heavy (non-hydrogen) atoms. The van der Waals surface area contributed by atoms with Gasteiger partial charge in [-0.05, 0) is 24.4 Å². The summed E-state index contributed by atoms with van der Waals surface area (Å²) < 4.78 is 1.63. The number of hydrogen-bond donors (Lipinski definition) is 2. The van der Waals surface area contributed by atoms with E-state index in [1.807, 2.05) is 30.5 Å². The number of anilines is 1. The van der Waals surface area contributed by atoms with Crippen LogP contribution >= 0.6 is 11.3 Å². The molecule has 0 radical (unpaired) electrons. The molecule has 3 aromatic rings. The monoisotopic (exact) mass is 287 g/mol. The summed E-state index contributed by atoms with van der Waals surface area (Å²) >= 11 is 1.59. The van der Waals surface area contributed by atoms with Gasteiger partial charge in [-0.3, -0.25) is 14.6 Å². The molecule has 1 amide bonds. The largest absolute Gasteiger partial charge is 0.305 e. The summed E-state index contributed by atoms with van der Waals surface area (Å²) in [6.07, 6.45) is 0. The van der Waals surface area contributed by atoms with Crippen molar-refractivity contribution in [3.8, 4) is 10.6 Å². The van der Waals surface area contributed by atoms with Crippen molar-refractivity contribution in [3.63, 3.8) is 0 Å². The van der Waals surface area contributed by atoms with Gasteiger partial charge in [0.15, 0.2) is 5.69 Å². The van der Waals surface area contributed by atoms with Crippen molar-refractivity contribution in [3.05, 3.63) is 41.0 Å². The van der Waals surface area contributed by atoms with Crippen molar-refractivity contribution in [2.75, 3.05) is 5.32 Å². The van der Waals surface area contributed by atoms with Gasteiger partial charge >= 0.3 is 0 Å². The molecule has 102 valence electrons. The fourth-order valence-corrected chi connectivity index (χ4v) is 2.60. The molecule has 0 bridgehead atoms. The van der Waals surface area contributed by atoms with E-state index in [0.717, 1.165) is 16.3 Å². The molecule has 2 N–H and O–H groups in total. The van der Waals surface area contributed by atoms with Crippen molar-refractivity contribution in [2.45, 2.75) is 6.92 Å². The number of aryl methyl sites for hydroxylation is 2. The molecular formula is C13H13N5OS. The van der Waals surface area contributed by atoms with Gasteiger partial charge in [-0.1, -0.05) is 6.07 Å². The van der Waals surface area contributed by atoms with Crippen molar-refractivity contribution in [2.24, 2.45) is 7.05 Å². The predicted octanol–water partition coefficient (Wildman–Crippen LogP) is 2.43. The van der Waals surface area contributed by atoms with E-state index in [0.29, 0.717) is 11.5 Å². The fraction of sp³-hybridized carbons (Fsp3) is 0.154. The number of aromatic amines is 1. The molecular weight excluding hydrogens is 274 g/mol. The lowest BCUT2D eigenvalue weighted by molar-refractivity contribution is 0.102. The molecule has 0 atom stereocenters. The second-order valence-corrected chi connectivity index (χ2v) is 5.34. The van der Waals surface area contributed by atoms with Crippen LogP contribution in [0.4, 0.5) is 5.82 Å². The smallest absolute Gasteiger partial charge is 0.277 e.